The van der Waals surface area contributed by atoms with Gasteiger partial charge in [-0.1, -0.05) is 18.2 Å². The SMILES string of the molecule is O=C(Nc1ccc(-c2ccc3nnc(-c4cccs4)n3n2)cc1)c1ccc([N+](=O)[O-])cc1. The van der Waals surface area contributed by atoms with Gasteiger partial charge in [-0.3, -0.25) is 14.9 Å². The third kappa shape index (κ3) is 3.70. The normalized spacial score (nSPS) is 10.9. The summed E-state index contributed by atoms with van der Waals surface area (Å²) in [6.07, 6.45) is 0. The lowest BCUT2D eigenvalue weighted by atomic mass is 10.1. The lowest BCUT2D eigenvalue weighted by Crippen LogP contribution is -2.11. The number of non-ortho nitro benzene ring substituents is 1. The highest BCUT2D eigenvalue weighted by atomic mass is 32.1. The van der Waals surface area contributed by atoms with E-state index in [9.17, 15) is 14.9 Å². The van der Waals surface area contributed by atoms with Gasteiger partial charge in [-0.15, -0.1) is 21.5 Å². The molecule has 0 aliphatic carbocycles. The van der Waals surface area contributed by atoms with Crippen LogP contribution in [0.25, 0.3) is 27.6 Å². The Kier molecular flexibility index (Phi) is 4.88. The number of thiophene rings is 1. The number of hydrogen-bond acceptors (Lipinski definition) is 7. The molecule has 1 N–H and O–H groups in total. The van der Waals surface area contributed by atoms with Crippen molar-refractivity contribution in [3.63, 3.8) is 0 Å². The first-order chi connectivity index (χ1) is 15.6. The van der Waals surface area contributed by atoms with E-state index in [1.807, 2.05) is 41.8 Å². The smallest absolute Gasteiger partial charge is 0.269 e. The van der Waals surface area contributed by atoms with Crippen molar-refractivity contribution in [2.75, 3.05) is 5.32 Å². The van der Waals surface area contributed by atoms with Crippen LogP contribution in [-0.4, -0.2) is 30.6 Å². The molecule has 0 saturated heterocycles. The average molecular weight is 442 g/mol. The lowest BCUT2D eigenvalue weighted by Gasteiger charge is -2.07. The highest BCUT2D eigenvalue weighted by Crippen LogP contribution is 2.25. The van der Waals surface area contributed by atoms with Crippen molar-refractivity contribution in [2.45, 2.75) is 0 Å². The summed E-state index contributed by atoms with van der Waals surface area (Å²) in [6, 6.07) is 20.4. The molecule has 0 spiro atoms. The van der Waals surface area contributed by atoms with Gasteiger partial charge in [0.15, 0.2) is 11.5 Å². The van der Waals surface area contributed by atoms with E-state index in [4.69, 9.17) is 0 Å². The van der Waals surface area contributed by atoms with Gasteiger partial charge in [0.2, 0.25) is 0 Å². The van der Waals surface area contributed by atoms with Gasteiger partial charge in [0.05, 0.1) is 15.5 Å². The Labute approximate surface area is 185 Å². The summed E-state index contributed by atoms with van der Waals surface area (Å²) in [5.41, 5.74) is 3.13. The van der Waals surface area contributed by atoms with Crippen LogP contribution in [0.2, 0.25) is 0 Å². The Hall–Kier alpha value is -4.44. The molecule has 32 heavy (non-hydrogen) atoms. The fraction of sp³-hybridized carbons (Fsp3) is 0. The number of hydrogen-bond donors (Lipinski definition) is 1. The number of benzene rings is 2. The number of carbonyl (C=O) groups excluding carboxylic acids is 1. The molecule has 10 heteroatoms. The minimum absolute atomic E-state index is 0.0642. The van der Waals surface area contributed by atoms with Crippen molar-refractivity contribution < 1.29 is 9.72 Å². The summed E-state index contributed by atoms with van der Waals surface area (Å²) in [6.45, 7) is 0. The number of amides is 1. The van der Waals surface area contributed by atoms with E-state index in [2.05, 4.69) is 20.6 Å². The minimum atomic E-state index is -0.505. The van der Waals surface area contributed by atoms with E-state index in [-0.39, 0.29) is 11.6 Å². The third-order valence-corrected chi connectivity index (χ3v) is 5.65. The van der Waals surface area contributed by atoms with Gasteiger partial charge in [-0.2, -0.15) is 9.61 Å². The van der Waals surface area contributed by atoms with Crippen molar-refractivity contribution in [1.82, 2.24) is 19.8 Å². The second kappa shape index (κ2) is 8.00. The van der Waals surface area contributed by atoms with Crippen LogP contribution in [0.5, 0.6) is 0 Å². The number of carbonyl (C=O) groups is 1. The largest absolute Gasteiger partial charge is 0.322 e. The predicted molar refractivity (Wildman–Crippen MR) is 121 cm³/mol. The summed E-state index contributed by atoms with van der Waals surface area (Å²) in [5, 5.41) is 28.6. The van der Waals surface area contributed by atoms with E-state index < -0.39 is 4.92 Å². The zero-order valence-corrected chi connectivity index (χ0v) is 17.2. The second-order valence-corrected chi connectivity index (χ2v) is 7.77. The Bertz CT molecular complexity index is 1430. The third-order valence-electron chi connectivity index (χ3n) is 4.78. The highest BCUT2D eigenvalue weighted by Gasteiger charge is 2.12. The summed E-state index contributed by atoms with van der Waals surface area (Å²) in [4.78, 5) is 23.6. The molecule has 0 unspecified atom stereocenters. The van der Waals surface area contributed by atoms with E-state index in [1.54, 1.807) is 28.0 Å². The van der Waals surface area contributed by atoms with Gasteiger partial charge in [0.25, 0.3) is 11.6 Å². The highest BCUT2D eigenvalue weighted by molar-refractivity contribution is 7.13. The van der Waals surface area contributed by atoms with E-state index in [0.29, 0.717) is 22.7 Å². The molecule has 9 nitrogen and oxygen atoms in total. The van der Waals surface area contributed by atoms with Crippen molar-refractivity contribution in [2.24, 2.45) is 0 Å². The van der Waals surface area contributed by atoms with Crippen LogP contribution < -0.4 is 5.32 Å². The molecule has 0 saturated carbocycles. The van der Waals surface area contributed by atoms with Crippen LogP contribution >= 0.6 is 11.3 Å². The number of nitrogens with zero attached hydrogens (tertiary/aromatic N) is 5. The molecule has 156 valence electrons. The summed E-state index contributed by atoms with van der Waals surface area (Å²) >= 11 is 1.57. The number of fused-ring (bicyclic) bond motifs is 1. The van der Waals surface area contributed by atoms with Crippen LogP contribution in [0.4, 0.5) is 11.4 Å². The van der Waals surface area contributed by atoms with Crippen molar-refractivity contribution in [1.29, 1.82) is 0 Å². The first kappa shape index (κ1) is 19.5. The maximum absolute atomic E-state index is 12.4. The summed E-state index contributed by atoms with van der Waals surface area (Å²) in [7, 11) is 0. The quantitative estimate of drug-likeness (QED) is 0.312. The first-order valence-corrected chi connectivity index (χ1v) is 10.4. The molecular weight excluding hydrogens is 428 g/mol. The van der Waals surface area contributed by atoms with Crippen molar-refractivity contribution in [3.8, 4) is 22.0 Å². The molecule has 3 aromatic heterocycles. The maximum atomic E-state index is 12.4. The Balaban J connectivity index is 1.36. The number of nitro groups is 1. The van der Waals surface area contributed by atoms with Gasteiger partial charge in [0, 0.05) is 28.9 Å². The van der Waals surface area contributed by atoms with Gasteiger partial charge in [0.1, 0.15) is 0 Å². The average Bonchev–Trinajstić information content (AvgIpc) is 3.49. The molecule has 5 rings (SSSR count). The fourth-order valence-electron chi connectivity index (χ4n) is 3.16. The summed E-state index contributed by atoms with van der Waals surface area (Å²) in [5.74, 6) is 0.334. The summed E-state index contributed by atoms with van der Waals surface area (Å²) < 4.78 is 1.71. The zero-order chi connectivity index (χ0) is 22.1. The lowest BCUT2D eigenvalue weighted by molar-refractivity contribution is -0.384. The number of rotatable bonds is 5. The molecule has 0 fully saturated rings. The van der Waals surface area contributed by atoms with Crippen LogP contribution in [0.15, 0.2) is 78.2 Å². The molecule has 0 aliphatic rings. The van der Waals surface area contributed by atoms with E-state index in [0.717, 1.165) is 16.1 Å². The van der Waals surface area contributed by atoms with Crippen LogP contribution in [0, 0.1) is 10.1 Å². The molecule has 0 aliphatic heterocycles. The number of nitrogens with one attached hydrogen (secondary N) is 1. The first-order valence-electron chi connectivity index (χ1n) is 9.51. The second-order valence-electron chi connectivity index (χ2n) is 6.82. The Morgan fingerprint density at radius 1 is 0.969 bits per heavy atom. The van der Waals surface area contributed by atoms with Gasteiger partial charge in [-0.25, -0.2) is 0 Å². The fourth-order valence-corrected chi connectivity index (χ4v) is 3.86. The number of aromatic nitrogens is 4. The van der Waals surface area contributed by atoms with E-state index in [1.165, 1.54) is 24.3 Å². The maximum Gasteiger partial charge on any atom is 0.269 e. The van der Waals surface area contributed by atoms with Crippen LogP contribution in [0.1, 0.15) is 10.4 Å². The zero-order valence-electron chi connectivity index (χ0n) is 16.4. The molecule has 2 aromatic carbocycles. The number of anilines is 1. The van der Waals surface area contributed by atoms with Crippen molar-refractivity contribution in [3.05, 3.63) is 93.9 Å². The molecule has 5 aromatic rings. The monoisotopic (exact) mass is 442 g/mol. The van der Waals surface area contributed by atoms with Crippen molar-refractivity contribution >= 4 is 34.3 Å². The topological polar surface area (TPSA) is 115 Å². The molecule has 3 heterocycles. The molecule has 1 amide bonds. The Morgan fingerprint density at radius 3 is 2.44 bits per heavy atom. The minimum Gasteiger partial charge on any atom is -0.322 e. The molecular formula is C22H14N6O3S. The van der Waals surface area contributed by atoms with Crippen LogP contribution in [-0.2, 0) is 0 Å². The molecule has 0 bridgehead atoms. The predicted octanol–water partition coefficient (Wildman–Crippen LogP) is 4.68. The van der Waals surface area contributed by atoms with Crippen LogP contribution in [0.3, 0.4) is 0 Å². The molecule has 0 radical (unpaired) electrons. The Morgan fingerprint density at radius 2 is 1.75 bits per heavy atom. The van der Waals surface area contributed by atoms with E-state index >= 15 is 0 Å². The number of nitro benzene ring substituents is 1. The van der Waals surface area contributed by atoms with Gasteiger partial charge < -0.3 is 5.32 Å². The van der Waals surface area contributed by atoms with Gasteiger partial charge >= 0.3 is 0 Å². The van der Waals surface area contributed by atoms with Gasteiger partial charge in [-0.05, 0) is 47.8 Å². The standard InChI is InChI=1S/C22H14N6O3S/c29-22(15-5-9-17(10-6-15)28(30)31)23-16-7-3-14(4-8-16)18-11-12-20-24-25-21(27(20)26-18)19-2-1-13-32-19/h1-13H,(H,23,29). The molecule has 0 atom stereocenters.